The first kappa shape index (κ1) is 19.2. The summed E-state index contributed by atoms with van der Waals surface area (Å²) in [4.78, 5) is 27.5. The van der Waals surface area contributed by atoms with Crippen molar-refractivity contribution in [3.63, 3.8) is 0 Å². The normalized spacial score (nSPS) is 11.1. The van der Waals surface area contributed by atoms with E-state index >= 15 is 0 Å². The first-order chi connectivity index (χ1) is 14.7. The quantitative estimate of drug-likeness (QED) is 0.359. The fraction of sp³-hybridized carbons (Fsp3) is 0.143. The van der Waals surface area contributed by atoms with Gasteiger partial charge in [0.25, 0.3) is 5.95 Å². The van der Waals surface area contributed by atoms with Crippen molar-refractivity contribution in [1.82, 2.24) is 19.9 Å². The predicted octanol–water partition coefficient (Wildman–Crippen LogP) is 4.52. The number of carbonyl (C=O) groups is 1. The number of fused-ring (bicyclic) bond motifs is 1. The maximum atomic E-state index is 11.7. The first-order valence-electron chi connectivity index (χ1n) is 9.29. The standard InChI is InChI=1S/C21H18N6O3/c1-2-29-20(28)15-8-10-16(11-9-15)26-27-21-24-18-17(22-13-23-18)19(25-21)30-12-14-6-4-3-5-7-14/h3-11,13H,2,12H2,1H3,(H,22,23,24,25). The molecule has 4 rings (SSSR count). The summed E-state index contributed by atoms with van der Waals surface area (Å²) >= 11 is 0. The van der Waals surface area contributed by atoms with Gasteiger partial charge >= 0.3 is 5.97 Å². The molecule has 0 aliphatic carbocycles. The van der Waals surface area contributed by atoms with E-state index in [4.69, 9.17) is 9.47 Å². The van der Waals surface area contributed by atoms with Crippen molar-refractivity contribution < 1.29 is 14.3 Å². The van der Waals surface area contributed by atoms with Crippen molar-refractivity contribution in [2.24, 2.45) is 10.2 Å². The van der Waals surface area contributed by atoms with Crippen molar-refractivity contribution in [2.45, 2.75) is 13.5 Å². The number of ether oxygens (including phenoxy) is 2. The Morgan fingerprint density at radius 2 is 1.83 bits per heavy atom. The summed E-state index contributed by atoms with van der Waals surface area (Å²) in [6, 6.07) is 16.3. The number of imidazole rings is 1. The number of benzene rings is 2. The molecule has 2 aromatic carbocycles. The molecule has 0 saturated carbocycles. The molecule has 1 N–H and O–H groups in total. The molecule has 0 radical (unpaired) electrons. The van der Waals surface area contributed by atoms with Crippen LogP contribution in [-0.4, -0.2) is 32.5 Å². The average Bonchev–Trinajstić information content (AvgIpc) is 3.26. The molecule has 0 fully saturated rings. The Hall–Kier alpha value is -4.14. The van der Waals surface area contributed by atoms with E-state index in [1.165, 1.54) is 6.33 Å². The molecule has 2 aromatic heterocycles. The molecular weight excluding hydrogens is 384 g/mol. The highest BCUT2D eigenvalue weighted by Crippen LogP contribution is 2.24. The molecule has 0 atom stereocenters. The fourth-order valence-electron chi connectivity index (χ4n) is 2.65. The van der Waals surface area contributed by atoms with Gasteiger partial charge in [-0.05, 0) is 36.8 Å². The van der Waals surface area contributed by atoms with Crippen LogP contribution in [0.25, 0.3) is 11.2 Å². The minimum absolute atomic E-state index is 0.118. The summed E-state index contributed by atoms with van der Waals surface area (Å²) in [6.07, 6.45) is 1.52. The number of hydrogen-bond donors (Lipinski definition) is 1. The Labute approximate surface area is 171 Å². The van der Waals surface area contributed by atoms with Gasteiger partial charge in [0.15, 0.2) is 5.65 Å². The van der Waals surface area contributed by atoms with Crippen molar-refractivity contribution in [3.05, 3.63) is 72.1 Å². The van der Waals surface area contributed by atoms with E-state index in [-0.39, 0.29) is 11.9 Å². The molecule has 30 heavy (non-hydrogen) atoms. The molecule has 2 heterocycles. The lowest BCUT2D eigenvalue weighted by molar-refractivity contribution is 0.0526. The SMILES string of the molecule is CCOC(=O)c1ccc(N=Nc2nc(OCc3ccccc3)c3[nH]cnc3n2)cc1. The summed E-state index contributed by atoms with van der Waals surface area (Å²) in [6.45, 7) is 2.42. The zero-order valence-corrected chi connectivity index (χ0v) is 16.1. The van der Waals surface area contributed by atoms with Crippen LogP contribution in [0.3, 0.4) is 0 Å². The monoisotopic (exact) mass is 402 g/mol. The third kappa shape index (κ3) is 4.46. The highest BCUT2D eigenvalue weighted by molar-refractivity contribution is 5.89. The van der Waals surface area contributed by atoms with E-state index < -0.39 is 0 Å². The molecule has 4 aromatic rings. The first-order valence-corrected chi connectivity index (χ1v) is 9.29. The molecular formula is C21H18N6O3. The summed E-state index contributed by atoms with van der Waals surface area (Å²) < 4.78 is 10.8. The summed E-state index contributed by atoms with van der Waals surface area (Å²) in [5, 5.41) is 8.21. The number of carbonyl (C=O) groups excluding carboxylic acids is 1. The van der Waals surface area contributed by atoms with Gasteiger partial charge in [0.1, 0.15) is 12.1 Å². The second-order valence-electron chi connectivity index (χ2n) is 6.17. The van der Waals surface area contributed by atoms with Crippen LogP contribution in [0.2, 0.25) is 0 Å². The third-order valence-corrected chi connectivity index (χ3v) is 4.09. The van der Waals surface area contributed by atoms with Gasteiger partial charge in [0, 0.05) is 0 Å². The summed E-state index contributed by atoms with van der Waals surface area (Å²) in [5.41, 5.74) is 3.01. The van der Waals surface area contributed by atoms with Crippen LogP contribution in [0.5, 0.6) is 5.88 Å². The van der Waals surface area contributed by atoms with Crippen LogP contribution in [0.4, 0.5) is 11.6 Å². The van der Waals surface area contributed by atoms with Crippen LogP contribution in [0.15, 0.2) is 71.2 Å². The summed E-state index contributed by atoms with van der Waals surface area (Å²) in [5.74, 6) is 0.0774. The lowest BCUT2D eigenvalue weighted by Gasteiger charge is -2.06. The number of hydrogen-bond acceptors (Lipinski definition) is 8. The van der Waals surface area contributed by atoms with Crippen molar-refractivity contribution in [1.29, 1.82) is 0 Å². The molecule has 150 valence electrons. The lowest BCUT2D eigenvalue weighted by Crippen LogP contribution is -2.03. The molecule has 9 nitrogen and oxygen atoms in total. The lowest BCUT2D eigenvalue weighted by atomic mass is 10.2. The highest BCUT2D eigenvalue weighted by atomic mass is 16.5. The molecule has 0 bridgehead atoms. The highest BCUT2D eigenvalue weighted by Gasteiger charge is 2.11. The minimum Gasteiger partial charge on any atom is -0.471 e. The number of nitrogens with one attached hydrogen (secondary N) is 1. The Balaban J connectivity index is 1.53. The maximum Gasteiger partial charge on any atom is 0.338 e. The average molecular weight is 402 g/mol. The van der Waals surface area contributed by atoms with Crippen molar-refractivity contribution in [3.8, 4) is 5.88 Å². The minimum atomic E-state index is -0.381. The fourth-order valence-corrected chi connectivity index (χ4v) is 2.65. The molecule has 0 aliphatic heterocycles. The Bertz CT molecular complexity index is 1170. The van der Waals surface area contributed by atoms with Crippen LogP contribution in [0.1, 0.15) is 22.8 Å². The molecule has 0 spiro atoms. The van der Waals surface area contributed by atoms with Crippen molar-refractivity contribution >= 4 is 28.8 Å². The van der Waals surface area contributed by atoms with E-state index in [1.54, 1.807) is 31.2 Å². The zero-order valence-electron chi connectivity index (χ0n) is 16.1. The van der Waals surface area contributed by atoms with Crippen LogP contribution < -0.4 is 4.74 Å². The van der Waals surface area contributed by atoms with Gasteiger partial charge < -0.3 is 14.5 Å². The van der Waals surface area contributed by atoms with E-state index in [2.05, 4.69) is 30.2 Å². The Morgan fingerprint density at radius 1 is 1.03 bits per heavy atom. The van der Waals surface area contributed by atoms with Gasteiger partial charge in [-0.25, -0.2) is 9.78 Å². The number of aromatic nitrogens is 4. The van der Waals surface area contributed by atoms with Gasteiger partial charge in [-0.3, -0.25) is 0 Å². The van der Waals surface area contributed by atoms with Crippen molar-refractivity contribution in [2.75, 3.05) is 6.61 Å². The Morgan fingerprint density at radius 3 is 2.60 bits per heavy atom. The van der Waals surface area contributed by atoms with E-state index in [9.17, 15) is 4.79 Å². The smallest absolute Gasteiger partial charge is 0.338 e. The van der Waals surface area contributed by atoms with Crippen LogP contribution >= 0.6 is 0 Å². The molecule has 0 unspecified atom stereocenters. The zero-order chi connectivity index (χ0) is 20.8. The van der Waals surface area contributed by atoms with Crippen LogP contribution in [-0.2, 0) is 11.3 Å². The molecule has 0 saturated heterocycles. The van der Waals surface area contributed by atoms with Gasteiger partial charge in [-0.15, -0.1) is 10.2 Å². The number of azo groups is 1. The van der Waals surface area contributed by atoms with E-state index in [1.807, 2.05) is 30.3 Å². The largest absolute Gasteiger partial charge is 0.471 e. The van der Waals surface area contributed by atoms with Gasteiger partial charge in [0.2, 0.25) is 5.88 Å². The number of nitrogens with zero attached hydrogens (tertiary/aromatic N) is 5. The van der Waals surface area contributed by atoms with Gasteiger partial charge in [-0.1, -0.05) is 30.3 Å². The van der Waals surface area contributed by atoms with E-state index in [0.717, 1.165) is 5.56 Å². The molecule has 9 heteroatoms. The molecule has 0 aliphatic rings. The maximum absolute atomic E-state index is 11.7. The number of esters is 1. The number of rotatable bonds is 7. The predicted molar refractivity (Wildman–Crippen MR) is 109 cm³/mol. The number of aromatic amines is 1. The van der Waals surface area contributed by atoms with E-state index in [0.29, 0.717) is 41.5 Å². The Kier molecular flexibility index (Phi) is 5.70. The van der Waals surface area contributed by atoms with Crippen LogP contribution in [0, 0.1) is 0 Å². The topological polar surface area (TPSA) is 115 Å². The number of H-pyrrole nitrogens is 1. The third-order valence-electron chi connectivity index (χ3n) is 4.09. The second kappa shape index (κ2) is 8.91. The van der Waals surface area contributed by atoms with Gasteiger partial charge in [-0.2, -0.15) is 9.97 Å². The molecule has 0 amide bonds. The summed E-state index contributed by atoms with van der Waals surface area (Å²) in [7, 11) is 0. The second-order valence-corrected chi connectivity index (χ2v) is 6.17. The van der Waals surface area contributed by atoms with Gasteiger partial charge in [0.05, 0.1) is 24.2 Å².